The predicted octanol–water partition coefficient (Wildman–Crippen LogP) is -0.172. The zero-order valence-electron chi connectivity index (χ0n) is 8.85. The number of carbonyl (C=O) groups is 1. The molecule has 5 nitrogen and oxygen atoms in total. The minimum Gasteiger partial charge on any atom is -0.481 e. The van der Waals surface area contributed by atoms with Crippen molar-refractivity contribution in [2.75, 3.05) is 31.6 Å². The number of carboxylic acids is 1. The smallest absolute Gasteiger partial charge is 0.306 e. The molecule has 0 bridgehead atoms. The highest BCUT2D eigenvalue weighted by atomic mass is 32.2. The van der Waals surface area contributed by atoms with Crippen LogP contribution in [0.15, 0.2) is 0 Å². The summed E-state index contributed by atoms with van der Waals surface area (Å²) in [5.74, 6) is -0.831. The lowest BCUT2D eigenvalue weighted by molar-refractivity contribution is -0.143. The van der Waals surface area contributed by atoms with Gasteiger partial charge in [0.15, 0.2) is 0 Å². The van der Waals surface area contributed by atoms with Crippen LogP contribution < -0.4 is 0 Å². The molecule has 0 unspecified atom stereocenters. The van der Waals surface area contributed by atoms with Crippen molar-refractivity contribution in [3.05, 3.63) is 0 Å². The van der Waals surface area contributed by atoms with Gasteiger partial charge in [0, 0.05) is 12.8 Å². The first-order valence-corrected chi connectivity index (χ1v) is 7.07. The largest absolute Gasteiger partial charge is 0.481 e. The molecule has 0 radical (unpaired) electrons. The summed E-state index contributed by atoms with van der Waals surface area (Å²) < 4.78 is 21.9. The van der Waals surface area contributed by atoms with Gasteiger partial charge >= 0.3 is 5.97 Å². The minimum absolute atomic E-state index is 0.157. The van der Waals surface area contributed by atoms with Gasteiger partial charge in [0.25, 0.3) is 0 Å². The summed E-state index contributed by atoms with van der Waals surface area (Å²) in [6, 6.07) is 0. The number of sulfone groups is 1. The van der Waals surface area contributed by atoms with Crippen molar-refractivity contribution in [2.45, 2.75) is 12.8 Å². The second kappa shape index (κ2) is 4.94. The molecule has 15 heavy (non-hydrogen) atoms. The molecule has 0 amide bonds. The minimum atomic E-state index is -2.91. The Morgan fingerprint density at radius 1 is 1.40 bits per heavy atom. The van der Waals surface area contributed by atoms with Gasteiger partial charge in [-0.3, -0.25) is 4.79 Å². The van der Waals surface area contributed by atoms with E-state index >= 15 is 0 Å². The summed E-state index contributed by atoms with van der Waals surface area (Å²) >= 11 is 0. The Labute approximate surface area is 90.0 Å². The number of piperidine rings is 1. The van der Waals surface area contributed by atoms with Crippen LogP contribution in [0.2, 0.25) is 0 Å². The molecule has 6 heteroatoms. The van der Waals surface area contributed by atoms with E-state index in [9.17, 15) is 13.2 Å². The van der Waals surface area contributed by atoms with Crippen LogP contribution in [0.1, 0.15) is 12.8 Å². The third-order valence-corrected chi connectivity index (χ3v) is 3.64. The van der Waals surface area contributed by atoms with Gasteiger partial charge in [0.05, 0.1) is 11.7 Å². The molecule has 0 aromatic carbocycles. The van der Waals surface area contributed by atoms with E-state index in [1.165, 1.54) is 6.26 Å². The molecule has 0 aromatic rings. The third-order valence-electron chi connectivity index (χ3n) is 2.72. The van der Waals surface area contributed by atoms with Crippen molar-refractivity contribution in [2.24, 2.45) is 5.92 Å². The van der Waals surface area contributed by atoms with Crippen LogP contribution in [0.25, 0.3) is 0 Å². The molecule has 0 aromatic heterocycles. The maximum absolute atomic E-state index is 10.9. The van der Waals surface area contributed by atoms with Gasteiger partial charge in [0.2, 0.25) is 0 Å². The lowest BCUT2D eigenvalue weighted by Gasteiger charge is -2.29. The number of hydrogen-bond donors (Lipinski definition) is 1. The van der Waals surface area contributed by atoms with Crippen LogP contribution in [0.3, 0.4) is 0 Å². The molecular weight excluding hydrogens is 218 g/mol. The van der Waals surface area contributed by atoms with Crippen LogP contribution in [0, 0.1) is 5.92 Å². The molecule has 88 valence electrons. The van der Waals surface area contributed by atoms with E-state index < -0.39 is 15.8 Å². The zero-order valence-corrected chi connectivity index (χ0v) is 9.66. The van der Waals surface area contributed by atoms with Crippen LogP contribution in [0.5, 0.6) is 0 Å². The molecule has 0 saturated carbocycles. The summed E-state index contributed by atoms with van der Waals surface area (Å²) in [6.45, 7) is 1.89. The van der Waals surface area contributed by atoms with Crippen LogP contribution in [-0.4, -0.2) is 56.0 Å². The van der Waals surface area contributed by atoms with E-state index in [1.807, 2.05) is 4.90 Å². The summed E-state index contributed by atoms with van der Waals surface area (Å²) in [7, 11) is -2.91. The molecule has 1 rings (SSSR count). The molecular formula is C9H17NO4S. The first kappa shape index (κ1) is 12.4. The average molecular weight is 235 g/mol. The normalized spacial score (nSPS) is 20.3. The maximum atomic E-state index is 10.9. The third kappa shape index (κ3) is 4.61. The quantitative estimate of drug-likeness (QED) is 0.732. The van der Waals surface area contributed by atoms with Crippen molar-refractivity contribution in [3.8, 4) is 0 Å². The zero-order chi connectivity index (χ0) is 11.5. The second-order valence-electron chi connectivity index (χ2n) is 4.08. The average Bonchev–Trinajstić information content (AvgIpc) is 2.14. The van der Waals surface area contributed by atoms with Gasteiger partial charge in [-0.25, -0.2) is 8.42 Å². The molecule has 0 aliphatic carbocycles. The topological polar surface area (TPSA) is 74.7 Å². The van der Waals surface area contributed by atoms with Crippen molar-refractivity contribution < 1.29 is 18.3 Å². The Bertz CT molecular complexity index is 317. The first-order chi connectivity index (χ1) is 6.88. The standard InChI is InChI=1S/C9H17NO4S/c1-15(13,14)7-6-10-4-2-8(3-5-10)9(11)12/h8H,2-7H2,1H3,(H,11,12). The van der Waals surface area contributed by atoms with Crippen molar-refractivity contribution >= 4 is 15.8 Å². The Balaban J connectivity index is 2.29. The number of hydrogen-bond acceptors (Lipinski definition) is 4. The molecule has 1 fully saturated rings. The summed E-state index contributed by atoms with van der Waals surface area (Å²) in [6.07, 6.45) is 2.47. The Morgan fingerprint density at radius 2 is 1.93 bits per heavy atom. The number of rotatable bonds is 4. The van der Waals surface area contributed by atoms with Gasteiger partial charge in [-0.2, -0.15) is 0 Å². The Kier molecular flexibility index (Phi) is 4.10. The monoisotopic (exact) mass is 235 g/mol. The highest BCUT2D eigenvalue weighted by molar-refractivity contribution is 7.90. The molecule has 1 aliphatic heterocycles. The number of likely N-dealkylation sites (tertiary alicyclic amines) is 1. The number of carboxylic acid groups (broad SMARTS) is 1. The van der Waals surface area contributed by atoms with Gasteiger partial charge in [-0.1, -0.05) is 0 Å². The molecule has 0 spiro atoms. The second-order valence-corrected chi connectivity index (χ2v) is 6.34. The number of nitrogens with zero attached hydrogens (tertiary/aromatic N) is 1. The predicted molar refractivity (Wildman–Crippen MR) is 56.5 cm³/mol. The maximum Gasteiger partial charge on any atom is 0.306 e. The summed E-state index contributed by atoms with van der Waals surface area (Å²) in [5.41, 5.74) is 0. The fourth-order valence-electron chi connectivity index (χ4n) is 1.70. The Hall–Kier alpha value is -0.620. The fourth-order valence-corrected chi connectivity index (χ4v) is 2.29. The first-order valence-electron chi connectivity index (χ1n) is 5.01. The van der Waals surface area contributed by atoms with Crippen LogP contribution in [0.4, 0.5) is 0 Å². The lowest BCUT2D eigenvalue weighted by atomic mass is 9.97. The summed E-state index contributed by atoms with van der Waals surface area (Å²) in [4.78, 5) is 12.7. The van der Waals surface area contributed by atoms with E-state index in [1.54, 1.807) is 0 Å². The van der Waals surface area contributed by atoms with Crippen molar-refractivity contribution in [1.29, 1.82) is 0 Å². The van der Waals surface area contributed by atoms with E-state index in [2.05, 4.69) is 0 Å². The fraction of sp³-hybridized carbons (Fsp3) is 0.889. The van der Waals surface area contributed by atoms with Gasteiger partial charge < -0.3 is 10.0 Å². The highest BCUT2D eigenvalue weighted by Gasteiger charge is 2.24. The molecule has 0 atom stereocenters. The van der Waals surface area contributed by atoms with Gasteiger partial charge in [-0.15, -0.1) is 0 Å². The number of aliphatic carboxylic acids is 1. The molecule has 1 saturated heterocycles. The van der Waals surface area contributed by atoms with Crippen molar-refractivity contribution in [1.82, 2.24) is 4.90 Å². The van der Waals surface area contributed by atoms with E-state index in [0.29, 0.717) is 32.5 Å². The van der Waals surface area contributed by atoms with Gasteiger partial charge in [0.1, 0.15) is 9.84 Å². The Morgan fingerprint density at radius 3 is 2.33 bits per heavy atom. The SMILES string of the molecule is CS(=O)(=O)CCN1CCC(C(=O)O)CC1. The summed E-state index contributed by atoms with van der Waals surface area (Å²) in [5, 5.41) is 8.77. The van der Waals surface area contributed by atoms with Crippen LogP contribution in [-0.2, 0) is 14.6 Å². The van der Waals surface area contributed by atoms with Crippen LogP contribution >= 0.6 is 0 Å². The molecule has 1 N–H and O–H groups in total. The highest BCUT2D eigenvalue weighted by Crippen LogP contribution is 2.16. The van der Waals surface area contributed by atoms with Gasteiger partial charge in [-0.05, 0) is 25.9 Å². The van der Waals surface area contributed by atoms with E-state index in [-0.39, 0.29) is 11.7 Å². The van der Waals surface area contributed by atoms with E-state index in [0.717, 1.165) is 0 Å². The van der Waals surface area contributed by atoms with Crippen molar-refractivity contribution in [3.63, 3.8) is 0 Å². The molecule has 1 heterocycles. The van der Waals surface area contributed by atoms with E-state index in [4.69, 9.17) is 5.11 Å². The molecule has 1 aliphatic rings. The lowest BCUT2D eigenvalue weighted by Crippen LogP contribution is -2.38.